The van der Waals surface area contributed by atoms with Gasteiger partial charge in [-0.3, -0.25) is 0 Å². The summed E-state index contributed by atoms with van der Waals surface area (Å²) >= 11 is 1.40. The van der Waals surface area contributed by atoms with Gasteiger partial charge in [-0.2, -0.15) is 4.37 Å². The van der Waals surface area contributed by atoms with Crippen molar-refractivity contribution in [1.82, 2.24) is 9.36 Å². The largest absolute Gasteiger partial charge is 0.363 e. The van der Waals surface area contributed by atoms with Crippen molar-refractivity contribution in [2.24, 2.45) is 0 Å². The Labute approximate surface area is 58.3 Å². The first-order valence-corrected chi connectivity index (χ1v) is 3.64. The van der Waals surface area contributed by atoms with E-state index in [9.17, 15) is 0 Å². The van der Waals surface area contributed by atoms with Crippen LogP contribution < -0.4 is 5.32 Å². The van der Waals surface area contributed by atoms with Gasteiger partial charge in [-0.25, -0.2) is 4.98 Å². The Bertz CT molecular complexity index is 166. The molecule has 1 rings (SSSR count). The first kappa shape index (κ1) is 6.48. The highest BCUT2D eigenvalue weighted by Crippen LogP contribution is 2.08. The third kappa shape index (κ3) is 1.38. The highest BCUT2D eigenvalue weighted by atomic mass is 32.1. The molecule has 1 N–H and O–H groups in total. The van der Waals surface area contributed by atoms with E-state index >= 15 is 0 Å². The number of nitrogens with one attached hydrogen (secondary N) is 1. The molecule has 0 aromatic carbocycles. The Balaban J connectivity index is 2.74. The Morgan fingerprint density at radius 1 is 1.67 bits per heavy atom. The van der Waals surface area contributed by atoms with Gasteiger partial charge in [-0.15, -0.1) is 0 Å². The van der Waals surface area contributed by atoms with Crippen LogP contribution in [0.3, 0.4) is 0 Å². The molecule has 1 aromatic heterocycles. The van der Waals surface area contributed by atoms with Crippen molar-refractivity contribution in [2.45, 2.75) is 13.3 Å². The average molecular weight is 143 g/mol. The molecule has 0 saturated heterocycles. The summed E-state index contributed by atoms with van der Waals surface area (Å²) in [6.45, 7) is 2.04. The normalized spacial score (nSPS) is 9.56. The van der Waals surface area contributed by atoms with Crippen LogP contribution in [0, 0.1) is 0 Å². The van der Waals surface area contributed by atoms with Gasteiger partial charge in [-0.1, -0.05) is 6.92 Å². The second-order valence-electron chi connectivity index (χ2n) is 1.62. The number of hydrogen-bond acceptors (Lipinski definition) is 4. The molecule has 0 spiro atoms. The summed E-state index contributed by atoms with van der Waals surface area (Å²) in [6.07, 6.45) is 0.915. The van der Waals surface area contributed by atoms with Crippen molar-refractivity contribution in [2.75, 3.05) is 12.4 Å². The first-order valence-electron chi connectivity index (χ1n) is 2.87. The van der Waals surface area contributed by atoms with Gasteiger partial charge in [0.2, 0.25) is 5.13 Å². The van der Waals surface area contributed by atoms with Gasteiger partial charge in [0.1, 0.15) is 5.82 Å². The molecule has 1 heterocycles. The van der Waals surface area contributed by atoms with E-state index in [1.165, 1.54) is 11.5 Å². The smallest absolute Gasteiger partial charge is 0.202 e. The van der Waals surface area contributed by atoms with Crippen molar-refractivity contribution in [1.29, 1.82) is 0 Å². The van der Waals surface area contributed by atoms with Crippen molar-refractivity contribution in [3.8, 4) is 0 Å². The number of aromatic nitrogens is 2. The molecule has 0 amide bonds. The van der Waals surface area contributed by atoms with Crippen molar-refractivity contribution in [3.63, 3.8) is 0 Å². The maximum atomic E-state index is 4.14. The summed E-state index contributed by atoms with van der Waals surface area (Å²) in [5, 5.41) is 3.82. The minimum absolute atomic E-state index is 0.895. The third-order valence-electron chi connectivity index (χ3n) is 0.998. The van der Waals surface area contributed by atoms with Crippen LogP contribution in [0.15, 0.2) is 0 Å². The molecule has 0 aliphatic heterocycles. The van der Waals surface area contributed by atoms with E-state index in [-0.39, 0.29) is 0 Å². The van der Waals surface area contributed by atoms with E-state index in [1.807, 2.05) is 14.0 Å². The maximum Gasteiger partial charge on any atom is 0.202 e. The van der Waals surface area contributed by atoms with Crippen LogP contribution in [0.4, 0.5) is 5.13 Å². The predicted octanol–water partition coefficient (Wildman–Crippen LogP) is 1.14. The molecular formula is C5H9N3S. The minimum Gasteiger partial charge on any atom is -0.363 e. The molecule has 0 unspecified atom stereocenters. The average Bonchev–Trinajstić information content (AvgIpc) is 2.34. The SMILES string of the molecule is CCc1nsc(NC)n1. The van der Waals surface area contributed by atoms with Crippen LogP contribution in [0.25, 0.3) is 0 Å². The van der Waals surface area contributed by atoms with Gasteiger partial charge in [0.25, 0.3) is 0 Å². The molecular weight excluding hydrogens is 134 g/mol. The van der Waals surface area contributed by atoms with E-state index in [4.69, 9.17) is 0 Å². The standard InChI is InChI=1S/C5H9N3S/c1-3-4-7-5(6-2)9-8-4/h3H2,1-2H3,(H,6,7,8). The lowest BCUT2D eigenvalue weighted by Gasteiger charge is -1.84. The summed E-state index contributed by atoms with van der Waals surface area (Å²) < 4.78 is 4.07. The number of nitrogens with zero attached hydrogens (tertiary/aromatic N) is 2. The topological polar surface area (TPSA) is 37.8 Å². The Morgan fingerprint density at radius 3 is 2.78 bits per heavy atom. The van der Waals surface area contributed by atoms with Crippen molar-refractivity contribution in [3.05, 3.63) is 5.82 Å². The van der Waals surface area contributed by atoms with Crippen molar-refractivity contribution >= 4 is 16.7 Å². The molecule has 0 aliphatic rings. The maximum absolute atomic E-state index is 4.14. The Hall–Kier alpha value is -0.640. The zero-order chi connectivity index (χ0) is 6.69. The summed E-state index contributed by atoms with van der Waals surface area (Å²) in [4.78, 5) is 4.14. The van der Waals surface area contributed by atoms with E-state index in [1.54, 1.807) is 0 Å². The molecule has 0 aliphatic carbocycles. The quantitative estimate of drug-likeness (QED) is 0.674. The van der Waals surface area contributed by atoms with Gasteiger partial charge < -0.3 is 5.32 Å². The zero-order valence-electron chi connectivity index (χ0n) is 5.51. The van der Waals surface area contributed by atoms with Crippen LogP contribution >= 0.6 is 11.5 Å². The van der Waals surface area contributed by atoms with Crippen LogP contribution in [0.1, 0.15) is 12.7 Å². The first-order chi connectivity index (χ1) is 4.36. The van der Waals surface area contributed by atoms with Gasteiger partial charge in [0, 0.05) is 25.0 Å². The Kier molecular flexibility index (Phi) is 2.00. The zero-order valence-corrected chi connectivity index (χ0v) is 6.33. The number of anilines is 1. The molecule has 3 nitrogen and oxygen atoms in total. The molecule has 0 radical (unpaired) electrons. The molecule has 0 fully saturated rings. The lowest BCUT2D eigenvalue weighted by atomic mass is 10.5. The van der Waals surface area contributed by atoms with Crippen LogP contribution in [0.2, 0.25) is 0 Å². The van der Waals surface area contributed by atoms with Crippen LogP contribution in [-0.4, -0.2) is 16.4 Å². The van der Waals surface area contributed by atoms with Gasteiger partial charge in [0.05, 0.1) is 0 Å². The van der Waals surface area contributed by atoms with E-state index in [2.05, 4.69) is 14.7 Å². The highest BCUT2D eigenvalue weighted by molar-refractivity contribution is 7.09. The molecule has 4 heteroatoms. The monoisotopic (exact) mass is 143 g/mol. The van der Waals surface area contributed by atoms with E-state index in [0.717, 1.165) is 17.4 Å². The fourth-order valence-corrected chi connectivity index (χ4v) is 1.10. The second kappa shape index (κ2) is 2.77. The molecule has 0 bridgehead atoms. The molecule has 0 atom stereocenters. The van der Waals surface area contributed by atoms with Gasteiger partial charge in [-0.05, 0) is 0 Å². The van der Waals surface area contributed by atoms with Gasteiger partial charge in [0.15, 0.2) is 0 Å². The predicted molar refractivity (Wildman–Crippen MR) is 38.8 cm³/mol. The summed E-state index contributed by atoms with van der Waals surface area (Å²) in [7, 11) is 1.85. The van der Waals surface area contributed by atoms with Crippen molar-refractivity contribution < 1.29 is 0 Å². The van der Waals surface area contributed by atoms with Crippen LogP contribution in [0.5, 0.6) is 0 Å². The second-order valence-corrected chi connectivity index (χ2v) is 2.37. The van der Waals surface area contributed by atoms with E-state index in [0.29, 0.717) is 0 Å². The lowest BCUT2D eigenvalue weighted by molar-refractivity contribution is 1.000. The minimum atomic E-state index is 0.895. The number of hydrogen-bond donors (Lipinski definition) is 1. The number of aryl methyl sites for hydroxylation is 1. The molecule has 1 aromatic rings. The third-order valence-corrected chi connectivity index (χ3v) is 1.77. The lowest BCUT2D eigenvalue weighted by Crippen LogP contribution is -1.87. The van der Waals surface area contributed by atoms with Crippen LogP contribution in [-0.2, 0) is 6.42 Å². The summed E-state index contributed by atoms with van der Waals surface area (Å²) in [6, 6.07) is 0. The highest BCUT2D eigenvalue weighted by Gasteiger charge is 1.96. The molecule has 50 valence electrons. The molecule has 0 saturated carbocycles. The molecule has 9 heavy (non-hydrogen) atoms. The fourth-order valence-electron chi connectivity index (χ4n) is 0.499. The number of rotatable bonds is 2. The van der Waals surface area contributed by atoms with Gasteiger partial charge >= 0.3 is 0 Å². The Morgan fingerprint density at radius 2 is 2.44 bits per heavy atom. The van der Waals surface area contributed by atoms with E-state index < -0.39 is 0 Å². The summed E-state index contributed by atoms with van der Waals surface area (Å²) in [5.41, 5.74) is 0. The fraction of sp³-hybridized carbons (Fsp3) is 0.600. The summed E-state index contributed by atoms with van der Waals surface area (Å²) in [5.74, 6) is 0.921.